The minimum absolute atomic E-state index is 0.513. The van der Waals surface area contributed by atoms with E-state index < -0.39 is 6.10 Å². The van der Waals surface area contributed by atoms with E-state index >= 15 is 0 Å². The number of rotatable bonds is 2. The summed E-state index contributed by atoms with van der Waals surface area (Å²) in [5, 5.41) is 21.7. The molecule has 1 aliphatic carbocycles. The third kappa shape index (κ3) is 2.96. The van der Waals surface area contributed by atoms with Crippen molar-refractivity contribution < 1.29 is 5.11 Å². The maximum Gasteiger partial charge on any atom is 0.115 e. The highest BCUT2D eigenvalue weighted by atomic mass is 16.3. The van der Waals surface area contributed by atoms with E-state index in [-0.39, 0.29) is 0 Å². The topological polar surface area (TPSA) is 55.9 Å². The molecular weight excluding hydrogens is 384 g/mol. The molecule has 2 heterocycles. The number of hydrogen-bond acceptors (Lipinski definition) is 3. The van der Waals surface area contributed by atoms with Crippen LogP contribution in [0.5, 0.6) is 0 Å². The molecule has 31 heavy (non-hydrogen) atoms. The summed E-state index contributed by atoms with van der Waals surface area (Å²) in [4.78, 5) is 0. The van der Waals surface area contributed by atoms with E-state index in [1.54, 1.807) is 0 Å². The predicted molar refractivity (Wildman–Crippen MR) is 123 cm³/mol. The Bertz CT molecular complexity index is 1330. The molecule has 154 valence electrons. The first-order chi connectivity index (χ1) is 15.3. The summed E-state index contributed by atoms with van der Waals surface area (Å²) in [5.41, 5.74) is 6.27. The van der Waals surface area contributed by atoms with Gasteiger partial charge in [0.15, 0.2) is 0 Å². The molecule has 0 radical (unpaired) electrons. The zero-order chi connectivity index (χ0) is 20.8. The fraction of sp³-hybridized carbons (Fsp3) is 0.231. The standard InChI is InChI=1S/C26H24N4O/c31-25-13-3-1-2-12-24-26(25)27-28-30(24)19-16-14-18(15-17-19)29-22-10-6-4-8-20(22)21-9-5-7-11-23(21)29/h4-11,14-17,25,31H,1-3,12-13H2. The van der Waals surface area contributed by atoms with Gasteiger partial charge in [0.05, 0.1) is 28.5 Å². The molecule has 0 spiro atoms. The average molecular weight is 409 g/mol. The molecule has 0 aliphatic heterocycles. The predicted octanol–water partition coefficient (Wildman–Crippen LogP) is 5.51. The molecule has 5 heteroatoms. The Morgan fingerprint density at radius 2 is 1.39 bits per heavy atom. The van der Waals surface area contributed by atoms with Gasteiger partial charge in [0.1, 0.15) is 5.69 Å². The van der Waals surface area contributed by atoms with E-state index in [0.717, 1.165) is 54.9 Å². The summed E-state index contributed by atoms with van der Waals surface area (Å²) < 4.78 is 4.21. The minimum Gasteiger partial charge on any atom is -0.387 e. The number of fused-ring (bicyclic) bond motifs is 4. The molecule has 5 aromatic rings. The fourth-order valence-electron chi connectivity index (χ4n) is 4.90. The van der Waals surface area contributed by atoms with E-state index in [0.29, 0.717) is 0 Å². The van der Waals surface area contributed by atoms with Crippen molar-refractivity contribution in [1.29, 1.82) is 0 Å². The van der Waals surface area contributed by atoms with Crippen molar-refractivity contribution in [2.24, 2.45) is 0 Å². The molecule has 1 atom stereocenters. The number of aromatic nitrogens is 4. The normalized spacial score (nSPS) is 16.9. The first-order valence-corrected chi connectivity index (χ1v) is 11.0. The van der Waals surface area contributed by atoms with Gasteiger partial charge in [0, 0.05) is 16.5 Å². The summed E-state index contributed by atoms with van der Waals surface area (Å²) in [6, 6.07) is 25.5. The largest absolute Gasteiger partial charge is 0.387 e. The first kappa shape index (κ1) is 18.3. The van der Waals surface area contributed by atoms with Crippen molar-refractivity contribution in [1.82, 2.24) is 19.6 Å². The lowest BCUT2D eigenvalue weighted by Crippen LogP contribution is -2.09. The van der Waals surface area contributed by atoms with Crippen LogP contribution in [-0.4, -0.2) is 24.7 Å². The van der Waals surface area contributed by atoms with Crippen LogP contribution in [0, 0.1) is 0 Å². The third-order valence-corrected chi connectivity index (χ3v) is 6.43. The molecule has 1 N–H and O–H groups in total. The van der Waals surface area contributed by atoms with Crippen molar-refractivity contribution >= 4 is 21.8 Å². The highest BCUT2D eigenvalue weighted by molar-refractivity contribution is 6.09. The lowest BCUT2D eigenvalue weighted by molar-refractivity contribution is 0.155. The highest BCUT2D eigenvalue weighted by Gasteiger charge is 2.22. The molecule has 1 aliphatic rings. The molecule has 0 fully saturated rings. The third-order valence-electron chi connectivity index (χ3n) is 6.43. The quantitative estimate of drug-likeness (QED) is 0.419. The summed E-state index contributed by atoms with van der Waals surface area (Å²) in [5.74, 6) is 0. The van der Waals surface area contributed by atoms with E-state index in [2.05, 4.69) is 87.7 Å². The van der Waals surface area contributed by atoms with E-state index in [1.165, 1.54) is 21.8 Å². The van der Waals surface area contributed by atoms with Gasteiger partial charge < -0.3 is 9.67 Å². The van der Waals surface area contributed by atoms with Crippen LogP contribution in [0.4, 0.5) is 0 Å². The minimum atomic E-state index is -0.513. The van der Waals surface area contributed by atoms with Crippen molar-refractivity contribution in [3.63, 3.8) is 0 Å². The van der Waals surface area contributed by atoms with Crippen LogP contribution in [-0.2, 0) is 6.42 Å². The Kier molecular flexibility index (Phi) is 4.35. The number of nitrogens with zero attached hydrogens (tertiary/aromatic N) is 4. The van der Waals surface area contributed by atoms with Gasteiger partial charge in [-0.25, -0.2) is 4.68 Å². The van der Waals surface area contributed by atoms with Gasteiger partial charge >= 0.3 is 0 Å². The van der Waals surface area contributed by atoms with Gasteiger partial charge in [-0.05, 0) is 55.7 Å². The molecule has 6 rings (SSSR count). The van der Waals surface area contributed by atoms with Crippen LogP contribution in [0.25, 0.3) is 33.2 Å². The Labute approximate surface area is 180 Å². The fourth-order valence-corrected chi connectivity index (χ4v) is 4.90. The maximum atomic E-state index is 10.5. The van der Waals surface area contributed by atoms with Gasteiger partial charge in [-0.1, -0.05) is 54.5 Å². The Morgan fingerprint density at radius 1 is 0.742 bits per heavy atom. The van der Waals surface area contributed by atoms with Gasteiger partial charge in [-0.15, -0.1) is 5.10 Å². The number of hydrogen-bond donors (Lipinski definition) is 1. The monoisotopic (exact) mass is 408 g/mol. The van der Waals surface area contributed by atoms with Crippen LogP contribution in [0.3, 0.4) is 0 Å². The zero-order valence-corrected chi connectivity index (χ0v) is 17.3. The molecule has 2 aromatic heterocycles. The van der Waals surface area contributed by atoms with Crippen LogP contribution >= 0.6 is 0 Å². The van der Waals surface area contributed by atoms with E-state index in [4.69, 9.17) is 0 Å². The highest BCUT2D eigenvalue weighted by Crippen LogP contribution is 2.32. The maximum absolute atomic E-state index is 10.5. The summed E-state index contributed by atoms with van der Waals surface area (Å²) >= 11 is 0. The van der Waals surface area contributed by atoms with E-state index in [1.807, 2.05) is 4.68 Å². The van der Waals surface area contributed by atoms with Crippen LogP contribution in [0.15, 0.2) is 72.8 Å². The van der Waals surface area contributed by atoms with Crippen molar-refractivity contribution in [3.8, 4) is 11.4 Å². The van der Waals surface area contributed by atoms with Crippen LogP contribution in [0.2, 0.25) is 0 Å². The second-order valence-corrected chi connectivity index (χ2v) is 8.33. The number of aliphatic hydroxyl groups is 1. The van der Waals surface area contributed by atoms with Gasteiger partial charge in [-0.2, -0.15) is 0 Å². The molecule has 0 saturated heterocycles. The van der Waals surface area contributed by atoms with Gasteiger partial charge in [-0.3, -0.25) is 0 Å². The van der Waals surface area contributed by atoms with Gasteiger partial charge in [0.25, 0.3) is 0 Å². The second-order valence-electron chi connectivity index (χ2n) is 8.33. The van der Waals surface area contributed by atoms with Crippen LogP contribution in [0.1, 0.15) is 43.2 Å². The molecular formula is C26H24N4O. The molecule has 0 amide bonds. The Balaban J connectivity index is 1.46. The van der Waals surface area contributed by atoms with Crippen molar-refractivity contribution in [2.45, 2.75) is 38.2 Å². The molecule has 0 bridgehead atoms. The molecule has 3 aromatic carbocycles. The summed E-state index contributed by atoms with van der Waals surface area (Å²) in [6.45, 7) is 0. The number of para-hydroxylation sites is 2. The lowest BCUT2D eigenvalue weighted by Gasteiger charge is -2.15. The Hall–Kier alpha value is -3.44. The smallest absolute Gasteiger partial charge is 0.115 e. The van der Waals surface area contributed by atoms with E-state index in [9.17, 15) is 5.11 Å². The first-order valence-electron chi connectivity index (χ1n) is 11.0. The zero-order valence-electron chi connectivity index (χ0n) is 17.3. The lowest BCUT2D eigenvalue weighted by atomic mass is 9.99. The molecule has 0 saturated carbocycles. The number of benzene rings is 3. The summed E-state index contributed by atoms with van der Waals surface area (Å²) in [7, 11) is 0. The number of aliphatic hydroxyl groups excluding tert-OH is 1. The Morgan fingerprint density at radius 3 is 2.10 bits per heavy atom. The summed E-state index contributed by atoms with van der Waals surface area (Å²) in [6.07, 6.45) is 4.43. The van der Waals surface area contributed by atoms with Crippen molar-refractivity contribution in [2.75, 3.05) is 0 Å². The SMILES string of the molecule is OC1CCCCCc2c1nnn2-c1ccc(-n2c3ccccc3c3ccccc32)cc1. The molecule has 1 unspecified atom stereocenters. The van der Waals surface area contributed by atoms with Crippen molar-refractivity contribution in [3.05, 3.63) is 84.2 Å². The molecule has 5 nitrogen and oxygen atoms in total. The van der Waals surface area contributed by atoms with Crippen LogP contribution < -0.4 is 0 Å². The van der Waals surface area contributed by atoms with Gasteiger partial charge in [0.2, 0.25) is 0 Å². The average Bonchev–Trinajstić information content (AvgIpc) is 3.37. The second kappa shape index (κ2) is 7.36.